The van der Waals surface area contributed by atoms with E-state index in [1.807, 2.05) is 6.07 Å². The molecule has 1 aromatic carbocycles. The summed E-state index contributed by atoms with van der Waals surface area (Å²) in [5.74, 6) is -0.234. The van der Waals surface area contributed by atoms with Crippen LogP contribution in [0.15, 0.2) is 30.3 Å². The Morgan fingerprint density at radius 2 is 2.19 bits per heavy atom. The van der Waals surface area contributed by atoms with Crippen LogP contribution in [0.2, 0.25) is 0 Å². The van der Waals surface area contributed by atoms with Crippen molar-refractivity contribution in [2.75, 3.05) is 12.8 Å². The van der Waals surface area contributed by atoms with E-state index in [1.165, 1.54) is 23.1 Å². The minimum Gasteiger partial charge on any atom is -0.382 e. The zero-order valence-electron chi connectivity index (χ0n) is 11.4. The van der Waals surface area contributed by atoms with Gasteiger partial charge in [-0.1, -0.05) is 0 Å². The lowest BCUT2D eigenvalue weighted by atomic mass is 10.2. The van der Waals surface area contributed by atoms with Gasteiger partial charge in [0, 0.05) is 29.7 Å². The number of hydrogen-bond donors (Lipinski definition) is 3. The standard InChI is InChI=1S/C14H14FN5O/c1-20(14(21)12-6-13(16)19-18-12)7-10-5-8-4-9(15)2-3-11(8)17-10/h2-6,17H,7H2,1H3,(H3,16,18,19). The fraction of sp³-hybridized carbons (Fsp3) is 0.143. The lowest BCUT2D eigenvalue weighted by molar-refractivity contribution is 0.0778. The van der Waals surface area contributed by atoms with Crippen LogP contribution in [0.5, 0.6) is 0 Å². The van der Waals surface area contributed by atoms with E-state index in [1.54, 1.807) is 13.1 Å². The number of nitrogen functional groups attached to an aromatic ring is 1. The number of carbonyl (C=O) groups excluding carboxylic acids is 1. The summed E-state index contributed by atoms with van der Waals surface area (Å²) in [6.07, 6.45) is 0. The molecule has 3 rings (SSSR count). The summed E-state index contributed by atoms with van der Waals surface area (Å²) in [5.41, 5.74) is 7.46. The van der Waals surface area contributed by atoms with Gasteiger partial charge in [0.25, 0.3) is 5.91 Å². The Labute approximate surface area is 119 Å². The Balaban J connectivity index is 1.79. The molecule has 0 bridgehead atoms. The molecular weight excluding hydrogens is 273 g/mol. The minimum atomic E-state index is -0.287. The Bertz CT molecular complexity index is 807. The number of halogens is 1. The molecule has 1 amide bonds. The number of nitrogens with two attached hydrogens (primary N) is 1. The van der Waals surface area contributed by atoms with E-state index in [4.69, 9.17) is 5.73 Å². The average Bonchev–Trinajstić information content (AvgIpc) is 3.03. The fourth-order valence-electron chi connectivity index (χ4n) is 2.23. The average molecular weight is 287 g/mol. The quantitative estimate of drug-likeness (QED) is 0.687. The highest BCUT2D eigenvalue weighted by atomic mass is 19.1. The molecule has 0 atom stereocenters. The topological polar surface area (TPSA) is 90.8 Å². The summed E-state index contributed by atoms with van der Waals surface area (Å²) < 4.78 is 13.2. The molecule has 3 aromatic rings. The molecule has 6 nitrogen and oxygen atoms in total. The van der Waals surface area contributed by atoms with Gasteiger partial charge in [0.15, 0.2) is 0 Å². The summed E-state index contributed by atoms with van der Waals surface area (Å²) in [6.45, 7) is 0.369. The van der Waals surface area contributed by atoms with Crippen molar-refractivity contribution in [2.45, 2.75) is 6.54 Å². The lowest BCUT2D eigenvalue weighted by Gasteiger charge is -2.14. The minimum absolute atomic E-state index is 0.218. The number of H-pyrrole nitrogens is 2. The van der Waals surface area contributed by atoms with Gasteiger partial charge in [0.05, 0.1) is 6.54 Å². The van der Waals surface area contributed by atoms with Crippen molar-refractivity contribution in [1.82, 2.24) is 20.1 Å². The van der Waals surface area contributed by atoms with Crippen LogP contribution in [0, 0.1) is 5.82 Å². The van der Waals surface area contributed by atoms with Crippen molar-refractivity contribution in [3.8, 4) is 0 Å². The third-order valence-corrected chi connectivity index (χ3v) is 3.22. The van der Waals surface area contributed by atoms with Gasteiger partial charge >= 0.3 is 0 Å². The van der Waals surface area contributed by atoms with Crippen molar-refractivity contribution in [2.24, 2.45) is 0 Å². The predicted octanol–water partition coefficient (Wildman–Crippen LogP) is 1.88. The molecule has 21 heavy (non-hydrogen) atoms. The molecule has 108 valence electrons. The molecule has 0 aliphatic rings. The second-order valence-electron chi connectivity index (χ2n) is 4.89. The third-order valence-electron chi connectivity index (χ3n) is 3.22. The summed E-state index contributed by atoms with van der Waals surface area (Å²) in [5, 5.41) is 7.08. The first-order valence-corrected chi connectivity index (χ1v) is 6.36. The maximum absolute atomic E-state index is 13.2. The van der Waals surface area contributed by atoms with Gasteiger partial charge in [-0.3, -0.25) is 9.89 Å². The molecule has 0 aliphatic carbocycles. The maximum atomic E-state index is 13.2. The van der Waals surface area contributed by atoms with Crippen molar-refractivity contribution < 1.29 is 9.18 Å². The number of anilines is 1. The Morgan fingerprint density at radius 3 is 2.90 bits per heavy atom. The SMILES string of the molecule is CN(Cc1cc2cc(F)ccc2[nH]1)C(=O)c1cc(N)n[nH]1. The molecule has 0 spiro atoms. The highest BCUT2D eigenvalue weighted by Gasteiger charge is 2.15. The van der Waals surface area contributed by atoms with Crippen molar-refractivity contribution in [3.05, 3.63) is 47.5 Å². The molecule has 2 heterocycles. The molecule has 7 heteroatoms. The van der Waals surface area contributed by atoms with Gasteiger partial charge in [-0.2, -0.15) is 5.10 Å². The van der Waals surface area contributed by atoms with Crippen LogP contribution in [0.25, 0.3) is 10.9 Å². The van der Waals surface area contributed by atoms with Crippen LogP contribution in [0.4, 0.5) is 10.2 Å². The van der Waals surface area contributed by atoms with Gasteiger partial charge in [-0.15, -0.1) is 0 Å². The molecule has 0 aliphatic heterocycles. The predicted molar refractivity (Wildman–Crippen MR) is 77.1 cm³/mol. The number of aromatic nitrogens is 3. The molecule has 0 radical (unpaired) electrons. The molecule has 0 fully saturated rings. The number of carbonyl (C=O) groups is 1. The summed E-state index contributed by atoms with van der Waals surface area (Å²) in [4.78, 5) is 16.8. The van der Waals surface area contributed by atoms with Gasteiger partial charge in [0.1, 0.15) is 17.3 Å². The maximum Gasteiger partial charge on any atom is 0.272 e. The molecule has 4 N–H and O–H groups in total. The number of aromatic amines is 2. The number of nitrogens with one attached hydrogen (secondary N) is 2. The number of nitrogens with zero attached hydrogens (tertiary/aromatic N) is 2. The lowest BCUT2D eigenvalue weighted by Crippen LogP contribution is -2.26. The van der Waals surface area contributed by atoms with E-state index >= 15 is 0 Å². The normalized spacial score (nSPS) is 11.0. The van der Waals surface area contributed by atoms with Crippen LogP contribution < -0.4 is 5.73 Å². The first-order valence-electron chi connectivity index (χ1n) is 6.36. The Hall–Kier alpha value is -2.83. The van der Waals surface area contributed by atoms with Gasteiger partial charge in [-0.25, -0.2) is 4.39 Å². The van der Waals surface area contributed by atoms with Gasteiger partial charge in [0.2, 0.25) is 0 Å². The van der Waals surface area contributed by atoms with Crippen LogP contribution in [0.3, 0.4) is 0 Å². The number of benzene rings is 1. The van der Waals surface area contributed by atoms with Crippen LogP contribution in [0.1, 0.15) is 16.2 Å². The zero-order valence-corrected chi connectivity index (χ0v) is 11.4. The van der Waals surface area contributed by atoms with Gasteiger partial charge < -0.3 is 15.6 Å². The van der Waals surface area contributed by atoms with E-state index in [2.05, 4.69) is 15.2 Å². The molecule has 2 aromatic heterocycles. The van der Waals surface area contributed by atoms with E-state index in [9.17, 15) is 9.18 Å². The van der Waals surface area contributed by atoms with Crippen molar-refractivity contribution in [3.63, 3.8) is 0 Å². The van der Waals surface area contributed by atoms with Crippen molar-refractivity contribution in [1.29, 1.82) is 0 Å². The Kier molecular flexibility index (Phi) is 3.09. The largest absolute Gasteiger partial charge is 0.382 e. The molecule has 0 saturated carbocycles. The highest BCUT2D eigenvalue weighted by molar-refractivity contribution is 5.92. The summed E-state index contributed by atoms with van der Waals surface area (Å²) in [6, 6.07) is 7.83. The second kappa shape index (κ2) is 4.93. The van der Waals surface area contributed by atoms with Crippen LogP contribution >= 0.6 is 0 Å². The molecule has 0 saturated heterocycles. The van der Waals surface area contributed by atoms with E-state index < -0.39 is 0 Å². The number of rotatable bonds is 3. The van der Waals surface area contributed by atoms with Crippen LogP contribution in [-0.2, 0) is 6.54 Å². The second-order valence-corrected chi connectivity index (χ2v) is 4.89. The number of hydrogen-bond acceptors (Lipinski definition) is 3. The van der Waals surface area contributed by atoms with E-state index in [0.29, 0.717) is 12.2 Å². The number of amides is 1. The Morgan fingerprint density at radius 1 is 1.38 bits per heavy atom. The molecule has 0 unspecified atom stereocenters. The monoisotopic (exact) mass is 287 g/mol. The van der Waals surface area contributed by atoms with Crippen LogP contribution in [-0.4, -0.2) is 33.0 Å². The molecular formula is C14H14FN5O. The van der Waals surface area contributed by atoms with E-state index in [0.717, 1.165) is 16.6 Å². The zero-order chi connectivity index (χ0) is 15.0. The summed E-state index contributed by atoms with van der Waals surface area (Å²) in [7, 11) is 1.67. The fourth-order valence-corrected chi connectivity index (χ4v) is 2.23. The number of fused-ring (bicyclic) bond motifs is 1. The third kappa shape index (κ3) is 2.58. The first kappa shape index (κ1) is 13.2. The van der Waals surface area contributed by atoms with Crippen molar-refractivity contribution >= 4 is 22.6 Å². The van der Waals surface area contributed by atoms with E-state index in [-0.39, 0.29) is 17.5 Å². The smallest absolute Gasteiger partial charge is 0.272 e. The first-order chi connectivity index (χ1) is 10.0. The summed E-state index contributed by atoms with van der Waals surface area (Å²) >= 11 is 0. The highest BCUT2D eigenvalue weighted by Crippen LogP contribution is 2.18. The van der Waals surface area contributed by atoms with Gasteiger partial charge in [-0.05, 0) is 24.3 Å².